The number of aliphatic hydroxyl groups excluding tert-OH is 1. The van der Waals surface area contributed by atoms with Crippen molar-refractivity contribution in [1.29, 1.82) is 0 Å². The van der Waals surface area contributed by atoms with Gasteiger partial charge in [-0.1, -0.05) is 24.9 Å². The molecule has 0 bridgehead atoms. The number of fused-ring (bicyclic) bond motifs is 1. The standard InChI is InChI=1S/C14H20ClNO2/c1-3-4-7-16(2)12-9-18-13-6-5-10(15)8-11(13)14(12)17/h5-6,8,12,14,17H,3-4,7,9H2,1-2H3. The summed E-state index contributed by atoms with van der Waals surface area (Å²) >= 11 is 5.97. The van der Waals surface area contributed by atoms with Gasteiger partial charge in [0.25, 0.3) is 0 Å². The van der Waals surface area contributed by atoms with Crippen molar-refractivity contribution in [1.82, 2.24) is 4.90 Å². The lowest BCUT2D eigenvalue weighted by molar-refractivity contribution is 0.0147. The largest absolute Gasteiger partial charge is 0.491 e. The van der Waals surface area contributed by atoms with E-state index in [1.165, 1.54) is 0 Å². The fourth-order valence-corrected chi connectivity index (χ4v) is 2.48. The molecule has 1 aromatic rings. The van der Waals surface area contributed by atoms with E-state index in [0.717, 1.165) is 30.7 Å². The number of benzene rings is 1. The van der Waals surface area contributed by atoms with E-state index in [0.29, 0.717) is 11.6 Å². The third-order valence-electron chi connectivity index (χ3n) is 3.50. The van der Waals surface area contributed by atoms with Gasteiger partial charge in [0.2, 0.25) is 0 Å². The Morgan fingerprint density at radius 3 is 3.00 bits per heavy atom. The molecule has 0 aliphatic carbocycles. The molecule has 1 heterocycles. The number of likely N-dealkylation sites (N-methyl/N-ethyl adjacent to an activating group) is 1. The zero-order valence-corrected chi connectivity index (χ0v) is 11.7. The molecule has 0 radical (unpaired) electrons. The molecule has 18 heavy (non-hydrogen) atoms. The highest BCUT2D eigenvalue weighted by molar-refractivity contribution is 6.30. The molecule has 4 heteroatoms. The molecule has 2 unspecified atom stereocenters. The van der Waals surface area contributed by atoms with Crippen LogP contribution in [0, 0.1) is 0 Å². The molecule has 3 nitrogen and oxygen atoms in total. The van der Waals surface area contributed by atoms with E-state index < -0.39 is 6.10 Å². The summed E-state index contributed by atoms with van der Waals surface area (Å²) < 4.78 is 5.70. The lowest BCUT2D eigenvalue weighted by atomic mass is 9.98. The summed E-state index contributed by atoms with van der Waals surface area (Å²) in [5, 5.41) is 11.1. The predicted molar refractivity (Wildman–Crippen MR) is 73.2 cm³/mol. The van der Waals surface area contributed by atoms with Crippen molar-refractivity contribution in [3.05, 3.63) is 28.8 Å². The minimum Gasteiger partial charge on any atom is -0.491 e. The third kappa shape index (κ3) is 2.79. The van der Waals surface area contributed by atoms with Crippen LogP contribution >= 0.6 is 11.6 Å². The first-order valence-corrected chi connectivity index (χ1v) is 6.81. The number of nitrogens with zero attached hydrogens (tertiary/aromatic N) is 1. The van der Waals surface area contributed by atoms with Crippen molar-refractivity contribution in [2.45, 2.75) is 31.9 Å². The van der Waals surface area contributed by atoms with Gasteiger partial charge in [-0.25, -0.2) is 0 Å². The average Bonchev–Trinajstić information content (AvgIpc) is 2.37. The van der Waals surface area contributed by atoms with E-state index in [1.807, 2.05) is 13.1 Å². The lowest BCUT2D eigenvalue weighted by Gasteiger charge is -2.36. The maximum atomic E-state index is 10.4. The van der Waals surface area contributed by atoms with Gasteiger partial charge in [0.05, 0.1) is 6.04 Å². The third-order valence-corrected chi connectivity index (χ3v) is 3.73. The van der Waals surface area contributed by atoms with Crippen LogP contribution in [0.2, 0.25) is 5.02 Å². The molecule has 2 rings (SSSR count). The quantitative estimate of drug-likeness (QED) is 0.912. The van der Waals surface area contributed by atoms with Crippen molar-refractivity contribution in [3.8, 4) is 5.75 Å². The van der Waals surface area contributed by atoms with Gasteiger partial charge in [0.15, 0.2) is 0 Å². The van der Waals surface area contributed by atoms with Crippen LogP contribution in [0.4, 0.5) is 0 Å². The van der Waals surface area contributed by atoms with Crippen LogP contribution in [0.15, 0.2) is 18.2 Å². The first-order chi connectivity index (χ1) is 8.63. The lowest BCUT2D eigenvalue weighted by Crippen LogP contribution is -2.44. The van der Waals surface area contributed by atoms with Crippen LogP contribution < -0.4 is 4.74 Å². The van der Waals surface area contributed by atoms with Gasteiger partial charge in [0.1, 0.15) is 18.5 Å². The molecule has 0 spiro atoms. The van der Waals surface area contributed by atoms with Crippen molar-refractivity contribution in [2.75, 3.05) is 20.2 Å². The van der Waals surface area contributed by atoms with Crippen LogP contribution in [0.3, 0.4) is 0 Å². The fraction of sp³-hybridized carbons (Fsp3) is 0.571. The van der Waals surface area contributed by atoms with Crippen LogP contribution in [-0.2, 0) is 0 Å². The highest BCUT2D eigenvalue weighted by atomic mass is 35.5. The first kappa shape index (κ1) is 13.7. The number of ether oxygens (including phenoxy) is 1. The van der Waals surface area contributed by atoms with E-state index in [4.69, 9.17) is 16.3 Å². The molecule has 0 saturated carbocycles. The summed E-state index contributed by atoms with van der Waals surface area (Å²) in [5.74, 6) is 0.743. The van der Waals surface area contributed by atoms with Crippen molar-refractivity contribution in [2.24, 2.45) is 0 Å². The molecule has 0 fully saturated rings. The molecular weight excluding hydrogens is 250 g/mol. The van der Waals surface area contributed by atoms with Crippen LogP contribution in [0.25, 0.3) is 0 Å². The fourth-order valence-electron chi connectivity index (χ4n) is 2.30. The Bertz CT molecular complexity index is 411. The minimum absolute atomic E-state index is 0.00233. The molecule has 1 N–H and O–H groups in total. The first-order valence-electron chi connectivity index (χ1n) is 6.44. The highest BCUT2D eigenvalue weighted by Gasteiger charge is 2.32. The Kier molecular flexibility index (Phi) is 4.49. The molecule has 2 atom stereocenters. The molecule has 1 aliphatic heterocycles. The number of rotatable bonds is 4. The summed E-state index contributed by atoms with van der Waals surface area (Å²) in [6.07, 6.45) is 1.74. The summed E-state index contributed by atoms with van der Waals surface area (Å²) in [5.41, 5.74) is 0.794. The maximum absolute atomic E-state index is 10.4. The van der Waals surface area contributed by atoms with E-state index in [-0.39, 0.29) is 6.04 Å². The number of halogens is 1. The Morgan fingerprint density at radius 1 is 1.50 bits per heavy atom. The number of unbranched alkanes of at least 4 members (excludes halogenated alkanes) is 1. The Balaban J connectivity index is 2.14. The Labute approximate surface area is 113 Å². The molecule has 0 aromatic heterocycles. The number of hydrogen-bond acceptors (Lipinski definition) is 3. The minimum atomic E-state index is -0.533. The second-order valence-electron chi connectivity index (χ2n) is 4.84. The van der Waals surface area contributed by atoms with E-state index >= 15 is 0 Å². The topological polar surface area (TPSA) is 32.7 Å². The van der Waals surface area contributed by atoms with E-state index in [1.54, 1.807) is 12.1 Å². The molecule has 0 amide bonds. The molecule has 0 saturated heterocycles. The Morgan fingerprint density at radius 2 is 2.28 bits per heavy atom. The predicted octanol–water partition coefficient (Wildman–Crippen LogP) is 2.87. The summed E-state index contributed by atoms with van der Waals surface area (Å²) in [4.78, 5) is 2.16. The summed E-state index contributed by atoms with van der Waals surface area (Å²) in [6.45, 7) is 3.66. The van der Waals surface area contributed by atoms with Crippen molar-refractivity contribution >= 4 is 11.6 Å². The second kappa shape index (κ2) is 5.91. The second-order valence-corrected chi connectivity index (χ2v) is 5.28. The van der Waals surface area contributed by atoms with Gasteiger partial charge < -0.3 is 9.84 Å². The van der Waals surface area contributed by atoms with Gasteiger partial charge in [0, 0.05) is 10.6 Å². The monoisotopic (exact) mass is 269 g/mol. The summed E-state index contributed by atoms with van der Waals surface area (Å²) in [7, 11) is 2.03. The van der Waals surface area contributed by atoms with Crippen LogP contribution in [0.1, 0.15) is 31.4 Å². The van der Waals surface area contributed by atoms with Crippen molar-refractivity contribution in [3.63, 3.8) is 0 Å². The van der Waals surface area contributed by atoms with Gasteiger partial charge in [-0.05, 0) is 38.2 Å². The smallest absolute Gasteiger partial charge is 0.125 e. The zero-order valence-electron chi connectivity index (χ0n) is 10.9. The number of hydrogen-bond donors (Lipinski definition) is 1. The SMILES string of the molecule is CCCCN(C)C1COc2ccc(Cl)cc2C1O. The van der Waals surface area contributed by atoms with E-state index in [2.05, 4.69) is 11.8 Å². The van der Waals surface area contributed by atoms with Gasteiger partial charge >= 0.3 is 0 Å². The van der Waals surface area contributed by atoms with Gasteiger partial charge in [-0.3, -0.25) is 4.90 Å². The molecular formula is C14H20ClNO2. The molecule has 1 aromatic carbocycles. The van der Waals surface area contributed by atoms with E-state index in [9.17, 15) is 5.11 Å². The molecule has 100 valence electrons. The number of aliphatic hydroxyl groups is 1. The summed E-state index contributed by atoms with van der Waals surface area (Å²) in [6, 6.07) is 5.40. The molecule has 1 aliphatic rings. The van der Waals surface area contributed by atoms with Crippen LogP contribution in [-0.4, -0.2) is 36.2 Å². The normalized spacial score (nSPS) is 22.7. The zero-order chi connectivity index (χ0) is 13.1. The highest BCUT2D eigenvalue weighted by Crippen LogP contribution is 2.35. The van der Waals surface area contributed by atoms with Crippen molar-refractivity contribution < 1.29 is 9.84 Å². The van der Waals surface area contributed by atoms with Crippen LogP contribution in [0.5, 0.6) is 5.75 Å². The van der Waals surface area contributed by atoms with Gasteiger partial charge in [-0.15, -0.1) is 0 Å². The Hall–Kier alpha value is -0.770. The maximum Gasteiger partial charge on any atom is 0.125 e. The van der Waals surface area contributed by atoms with Gasteiger partial charge in [-0.2, -0.15) is 0 Å². The average molecular weight is 270 g/mol.